The number of hydrogen-bond donors (Lipinski definition) is 0. The van der Waals surface area contributed by atoms with Crippen LogP contribution in [0.25, 0.3) is 11.0 Å². The number of aryl methyl sites for hydroxylation is 1. The summed E-state index contributed by atoms with van der Waals surface area (Å²) in [5.41, 5.74) is 4.32. The number of pyridine rings is 2. The Morgan fingerprint density at radius 1 is 1.16 bits per heavy atom. The van der Waals surface area contributed by atoms with Crippen molar-refractivity contribution in [1.82, 2.24) is 19.5 Å². The summed E-state index contributed by atoms with van der Waals surface area (Å²) in [6.45, 7) is 2.81. The lowest BCUT2D eigenvalue weighted by molar-refractivity contribution is 0.772. The van der Waals surface area contributed by atoms with Gasteiger partial charge in [-0.05, 0) is 30.2 Å². The Balaban J connectivity index is 2.12. The number of hydrogen-bond acceptors (Lipinski definition) is 3. The first-order chi connectivity index (χ1) is 9.29. The number of halogens is 1. The van der Waals surface area contributed by atoms with Gasteiger partial charge in [-0.3, -0.25) is 9.97 Å². The minimum absolute atomic E-state index is 0.388. The molecule has 3 aromatic heterocycles. The molecule has 0 fully saturated rings. The molecule has 0 aromatic carbocycles. The van der Waals surface area contributed by atoms with Crippen molar-refractivity contribution in [1.29, 1.82) is 0 Å². The van der Waals surface area contributed by atoms with Crippen molar-refractivity contribution < 1.29 is 0 Å². The van der Waals surface area contributed by atoms with Crippen molar-refractivity contribution >= 4 is 22.6 Å². The molecule has 3 aromatic rings. The molecule has 0 bridgehead atoms. The summed E-state index contributed by atoms with van der Waals surface area (Å²) in [4.78, 5) is 12.7. The van der Waals surface area contributed by atoms with Gasteiger partial charge in [0.15, 0.2) is 0 Å². The minimum Gasteiger partial charge on any atom is -0.322 e. The molecule has 0 unspecified atom stereocenters. The summed E-state index contributed by atoms with van der Waals surface area (Å²) >= 11 is 5.99. The Morgan fingerprint density at radius 2 is 1.95 bits per heavy atom. The van der Waals surface area contributed by atoms with E-state index in [9.17, 15) is 0 Å². The lowest BCUT2D eigenvalue weighted by Crippen LogP contribution is -2.05. The van der Waals surface area contributed by atoms with Crippen LogP contribution >= 0.6 is 11.6 Å². The molecule has 0 radical (unpaired) electrons. The summed E-state index contributed by atoms with van der Waals surface area (Å²) in [7, 11) is 0. The summed E-state index contributed by atoms with van der Waals surface area (Å²) in [5, 5.41) is 0. The monoisotopic (exact) mass is 272 g/mol. The average Bonchev–Trinajstić information content (AvgIpc) is 2.79. The predicted molar refractivity (Wildman–Crippen MR) is 75.2 cm³/mol. The van der Waals surface area contributed by atoms with E-state index in [1.54, 1.807) is 12.4 Å². The van der Waals surface area contributed by atoms with E-state index in [0.717, 1.165) is 23.4 Å². The van der Waals surface area contributed by atoms with Gasteiger partial charge in [0, 0.05) is 25.1 Å². The smallest absolute Gasteiger partial charge is 0.125 e. The summed E-state index contributed by atoms with van der Waals surface area (Å²) in [5.74, 6) is 1.25. The third-order valence-corrected chi connectivity index (χ3v) is 3.45. The third kappa shape index (κ3) is 2.19. The van der Waals surface area contributed by atoms with Crippen LogP contribution in [-0.4, -0.2) is 19.5 Å². The van der Waals surface area contributed by atoms with Crippen LogP contribution in [0, 0.1) is 6.92 Å². The first-order valence-corrected chi connectivity index (χ1v) is 6.57. The third-order valence-electron chi connectivity index (χ3n) is 3.21. The molecule has 0 amide bonds. The highest BCUT2D eigenvalue weighted by molar-refractivity contribution is 6.16. The van der Waals surface area contributed by atoms with Gasteiger partial charge in [0.2, 0.25) is 0 Å². The van der Waals surface area contributed by atoms with E-state index < -0.39 is 0 Å². The number of rotatable bonds is 3. The van der Waals surface area contributed by atoms with Crippen LogP contribution in [0.4, 0.5) is 0 Å². The zero-order valence-corrected chi connectivity index (χ0v) is 11.3. The fourth-order valence-corrected chi connectivity index (χ4v) is 2.36. The lowest BCUT2D eigenvalue weighted by atomic mass is 10.1. The standard InChI is InChI=1S/C14H13ClN4/c1-10-7-16-4-2-11(10)9-19-13-3-5-17-8-12(13)18-14(19)6-15/h2-5,7-8H,6,9H2,1H3. The van der Waals surface area contributed by atoms with E-state index in [4.69, 9.17) is 11.6 Å². The Kier molecular flexibility index (Phi) is 3.17. The van der Waals surface area contributed by atoms with E-state index in [1.165, 1.54) is 11.1 Å². The van der Waals surface area contributed by atoms with E-state index in [-0.39, 0.29) is 0 Å². The molecule has 0 saturated carbocycles. The van der Waals surface area contributed by atoms with Gasteiger partial charge in [-0.15, -0.1) is 11.6 Å². The highest BCUT2D eigenvalue weighted by Gasteiger charge is 2.11. The minimum atomic E-state index is 0.388. The van der Waals surface area contributed by atoms with Gasteiger partial charge in [0.25, 0.3) is 0 Å². The second-order valence-electron chi connectivity index (χ2n) is 4.41. The molecule has 5 heteroatoms. The topological polar surface area (TPSA) is 43.6 Å². The van der Waals surface area contributed by atoms with Gasteiger partial charge >= 0.3 is 0 Å². The predicted octanol–water partition coefficient (Wildman–Crippen LogP) is 2.92. The van der Waals surface area contributed by atoms with Crippen molar-refractivity contribution in [2.45, 2.75) is 19.3 Å². The van der Waals surface area contributed by atoms with Crippen molar-refractivity contribution in [2.24, 2.45) is 0 Å². The lowest BCUT2D eigenvalue weighted by Gasteiger charge is -2.09. The van der Waals surface area contributed by atoms with Crippen molar-refractivity contribution in [2.75, 3.05) is 0 Å². The molecule has 0 aliphatic carbocycles. The number of aromatic nitrogens is 4. The first-order valence-electron chi connectivity index (χ1n) is 6.04. The Hall–Kier alpha value is -1.94. The molecule has 19 heavy (non-hydrogen) atoms. The van der Waals surface area contributed by atoms with E-state index >= 15 is 0 Å². The van der Waals surface area contributed by atoms with Crippen LogP contribution < -0.4 is 0 Å². The van der Waals surface area contributed by atoms with Gasteiger partial charge in [-0.2, -0.15) is 0 Å². The molecule has 0 aliphatic heterocycles. The maximum absolute atomic E-state index is 5.99. The number of alkyl halides is 1. The van der Waals surface area contributed by atoms with Crippen molar-refractivity contribution in [3.05, 3.63) is 53.9 Å². The summed E-state index contributed by atoms with van der Waals surface area (Å²) < 4.78 is 2.13. The van der Waals surface area contributed by atoms with Gasteiger partial charge < -0.3 is 4.57 Å². The van der Waals surface area contributed by atoms with E-state index in [0.29, 0.717) is 5.88 Å². The molecule has 4 nitrogen and oxygen atoms in total. The van der Waals surface area contributed by atoms with E-state index in [2.05, 4.69) is 26.4 Å². The molecule has 96 valence electrons. The van der Waals surface area contributed by atoms with Gasteiger partial charge in [-0.25, -0.2) is 4.98 Å². The molecule has 0 atom stereocenters. The zero-order chi connectivity index (χ0) is 13.2. The van der Waals surface area contributed by atoms with Crippen LogP contribution in [0.2, 0.25) is 0 Å². The molecule has 0 N–H and O–H groups in total. The van der Waals surface area contributed by atoms with Crippen LogP contribution in [-0.2, 0) is 12.4 Å². The van der Waals surface area contributed by atoms with Crippen molar-refractivity contribution in [3.63, 3.8) is 0 Å². The van der Waals surface area contributed by atoms with Crippen LogP contribution in [0.3, 0.4) is 0 Å². The zero-order valence-electron chi connectivity index (χ0n) is 10.5. The Morgan fingerprint density at radius 3 is 2.74 bits per heavy atom. The second kappa shape index (κ2) is 4.97. The fraction of sp³-hybridized carbons (Fsp3) is 0.214. The largest absolute Gasteiger partial charge is 0.322 e. The number of imidazole rings is 1. The Bertz CT molecular complexity index is 720. The molecule has 0 saturated heterocycles. The average molecular weight is 273 g/mol. The van der Waals surface area contributed by atoms with Crippen LogP contribution in [0.5, 0.6) is 0 Å². The molecule has 0 spiro atoms. The first kappa shape index (κ1) is 12.1. The summed E-state index contributed by atoms with van der Waals surface area (Å²) in [6.07, 6.45) is 7.22. The molecular formula is C14H13ClN4. The van der Waals surface area contributed by atoms with Gasteiger partial charge in [-0.1, -0.05) is 0 Å². The Labute approximate surface area is 116 Å². The molecule has 3 rings (SSSR count). The van der Waals surface area contributed by atoms with E-state index in [1.807, 2.05) is 24.5 Å². The van der Waals surface area contributed by atoms with Crippen LogP contribution in [0.15, 0.2) is 36.9 Å². The maximum atomic E-state index is 5.99. The second-order valence-corrected chi connectivity index (χ2v) is 4.68. The maximum Gasteiger partial charge on any atom is 0.125 e. The number of nitrogens with zero attached hydrogens (tertiary/aromatic N) is 4. The SMILES string of the molecule is Cc1cnccc1Cn1c(CCl)nc2cnccc21. The summed E-state index contributed by atoms with van der Waals surface area (Å²) in [6, 6.07) is 4.00. The quantitative estimate of drug-likeness (QED) is 0.689. The fourth-order valence-electron chi connectivity index (χ4n) is 2.16. The number of fused-ring (bicyclic) bond motifs is 1. The van der Waals surface area contributed by atoms with Crippen molar-refractivity contribution in [3.8, 4) is 0 Å². The van der Waals surface area contributed by atoms with Gasteiger partial charge in [0.1, 0.15) is 11.3 Å². The molecular weight excluding hydrogens is 260 g/mol. The van der Waals surface area contributed by atoms with Gasteiger partial charge in [0.05, 0.1) is 17.6 Å². The highest BCUT2D eigenvalue weighted by atomic mass is 35.5. The normalized spacial score (nSPS) is 11.1. The highest BCUT2D eigenvalue weighted by Crippen LogP contribution is 2.19. The molecule has 3 heterocycles. The molecule has 0 aliphatic rings. The van der Waals surface area contributed by atoms with Crippen LogP contribution in [0.1, 0.15) is 17.0 Å².